The van der Waals surface area contributed by atoms with Crippen LogP contribution in [0, 0.1) is 6.92 Å². The summed E-state index contributed by atoms with van der Waals surface area (Å²) in [5, 5.41) is 0.824. The van der Waals surface area contributed by atoms with E-state index in [0.29, 0.717) is 17.2 Å². The molecule has 0 aliphatic carbocycles. The molecule has 1 aromatic carbocycles. The number of rotatable bonds is 3. The summed E-state index contributed by atoms with van der Waals surface area (Å²) in [6, 6.07) is 12.0. The maximum Gasteiger partial charge on any atom is 0.350 e. The van der Waals surface area contributed by atoms with Crippen molar-refractivity contribution >= 4 is 33.2 Å². The van der Waals surface area contributed by atoms with Gasteiger partial charge < -0.3 is 10.5 Å². The Morgan fingerprint density at radius 3 is 2.73 bits per heavy atom. The number of anilines is 1. The third-order valence-electron chi connectivity index (χ3n) is 3.37. The van der Waals surface area contributed by atoms with Gasteiger partial charge in [0.15, 0.2) is 0 Å². The summed E-state index contributed by atoms with van der Waals surface area (Å²) in [5.41, 5.74) is 9.62. The number of benzene rings is 1. The molecule has 3 aromatic rings. The van der Waals surface area contributed by atoms with Crippen LogP contribution in [0.5, 0.6) is 0 Å². The van der Waals surface area contributed by atoms with Crippen LogP contribution >= 0.6 is 11.3 Å². The van der Waals surface area contributed by atoms with Gasteiger partial charge in [-0.2, -0.15) is 0 Å². The first-order chi connectivity index (χ1) is 10.6. The topological polar surface area (TPSA) is 65.2 Å². The van der Waals surface area contributed by atoms with Gasteiger partial charge in [-0.25, -0.2) is 9.78 Å². The average Bonchev–Trinajstić information content (AvgIpc) is 2.84. The van der Waals surface area contributed by atoms with Gasteiger partial charge in [0.05, 0.1) is 12.3 Å². The third kappa shape index (κ3) is 2.44. The first kappa shape index (κ1) is 14.5. The Hall–Kier alpha value is -2.40. The molecule has 0 fully saturated rings. The number of nitrogens with zero attached hydrogens (tertiary/aromatic N) is 1. The fraction of sp³-hybridized carbons (Fsp3) is 0.176. The average molecular weight is 312 g/mol. The molecule has 0 atom stereocenters. The molecule has 2 aromatic heterocycles. The van der Waals surface area contributed by atoms with Gasteiger partial charge in [-0.15, -0.1) is 11.3 Å². The van der Waals surface area contributed by atoms with Crippen LogP contribution < -0.4 is 5.73 Å². The molecule has 0 saturated heterocycles. The number of carbonyl (C=O) groups is 1. The van der Waals surface area contributed by atoms with Gasteiger partial charge in [0.1, 0.15) is 9.71 Å². The maximum absolute atomic E-state index is 12.0. The zero-order valence-corrected chi connectivity index (χ0v) is 13.2. The number of fused-ring (bicyclic) bond motifs is 1. The van der Waals surface area contributed by atoms with E-state index >= 15 is 0 Å². The molecule has 0 aliphatic rings. The van der Waals surface area contributed by atoms with Gasteiger partial charge in [0, 0.05) is 11.1 Å². The van der Waals surface area contributed by atoms with Crippen molar-refractivity contribution in [2.24, 2.45) is 0 Å². The predicted molar refractivity (Wildman–Crippen MR) is 90.2 cm³/mol. The summed E-state index contributed by atoms with van der Waals surface area (Å²) in [5.74, 6) is -0.389. The number of aromatic nitrogens is 1. The van der Waals surface area contributed by atoms with E-state index in [1.807, 2.05) is 43.3 Å². The summed E-state index contributed by atoms with van der Waals surface area (Å²) in [7, 11) is 0. The molecule has 22 heavy (non-hydrogen) atoms. The largest absolute Gasteiger partial charge is 0.462 e. The molecule has 5 heteroatoms. The van der Waals surface area contributed by atoms with Gasteiger partial charge in [0.25, 0.3) is 0 Å². The number of aryl methyl sites for hydroxylation is 1. The highest BCUT2D eigenvalue weighted by atomic mass is 32.1. The first-order valence-corrected chi connectivity index (χ1v) is 7.85. The molecule has 0 radical (unpaired) electrons. The van der Waals surface area contributed by atoms with E-state index in [0.717, 1.165) is 27.0 Å². The van der Waals surface area contributed by atoms with E-state index in [9.17, 15) is 4.79 Å². The predicted octanol–water partition coefficient (Wildman–Crippen LogP) is 4.03. The molecule has 0 aliphatic heterocycles. The summed E-state index contributed by atoms with van der Waals surface area (Å²) in [6.07, 6.45) is 0. The highest BCUT2D eigenvalue weighted by Crippen LogP contribution is 2.39. The molecule has 0 spiro atoms. The molecule has 0 unspecified atom stereocenters. The quantitative estimate of drug-likeness (QED) is 0.742. The number of nitrogen functional groups attached to an aromatic ring is 1. The van der Waals surface area contributed by atoms with Crippen molar-refractivity contribution < 1.29 is 9.53 Å². The van der Waals surface area contributed by atoms with Gasteiger partial charge in [-0.1, -0.05) is 30.3 Å². The summed E-state index contributed by atoms with van der Waals surface area (Å²) < 4.78 is 5.08. The second-order valence-electron chi connectivity index (χ2n) is 4.92. The Morgan fingerprint density at radius 2 is 2.05 bits per heavy atom. The van der Waals surface area contributed by atoms with Crippen LogP contribution in [0.4, 0.5) is 5.69 Å². The third-order valence-corrected chi connectivity index (χ3v) is 4.45. The van der Waals surface area contributed by atoms with Crippen molar-refractivity contribution in [1.29, 1.82) is 0 Å². The number of nitrogens with two attached hydrogens (primary N) is 1. The van der Waals surface area contributed by atoms with E-state index in [1.165, 1.54) is 11.3 Å². The van der Waals surface area contributed by atoms with E-state index in [-0.39, 0.29) is 5.97 Å². The SMILES string of the molecule is CCOC(=O)c1sc2nc(C)cc(-c3ccccc3)c2c1N. The molecule has 0 bridgehead atoms. The Labute approximate surface area is 132 Å². The molecule has 3 rings (SSSR count). The van der Waals surface area contributed by atoms with Crippen molar-refractivity contribution in [3.05, 3.63) is 47.0 Å². The number of hydrogen-bond donors (Lipinski definition) is 1. The number of esters is 1. The van der Waals surface area contributed by atoms with E-state index in [4.69, 9.17) is 10.5 Å². The zero-order chi connectivity index (χ0) is 15.7. The summed E-state index contributed by atoms with van der Waals surface area (Å²) in [4.78, 5) is 17.8. The molecular weight excluding hydrogens is 296 g/mol. The minimum Gasteiger partial charge on any atom is -0.462 e. The molecule has 2 heterocycles. The number of carbonyl (C=O) groups excluding carboxylic acids is 1. The summed E-state index contributed by atoms with van der Waals surface area (Å²) in [6.45, 7) is 4.04. The lowest BCUT2D eigenvalue weighted by atomic mass is 10.0. The first-order valence-electron chi connectivity index (χ1n) is 7.04. The minimum atomic E-state index is -0.389. The second-order valence-corrected chi connectivity index (χ2v) is 5.92. The van der Waals surface area contributed by atoms with Crippen LogP contribution in [0.2, 0.25) is 0 Å². The zero-order valence-electron chi connectivity index (χ0n) is 12.4. The van der Waals surface area contributed by atoms with Crippen LogP contribution in [0.15, 0.2) is 36.4 Å². The molecule has 112 valence electrons. The smallest absolute Gasteiger partial charge is 0.350 e. The lowest BCUT2D eigenvalue weighted by molar-refractivity contribution is 0.0533. The normalized spacial score (nSPS) is 10.8. The lowest BCUT2D eigenvalue weighted by Crippen LogP contribution is -2.04. The lowest BCUT2D eigenvalue weighted by Gasteiger charge is -2.06. The van der Waals surface area contributed by atoms with Crippen molar-refractivity contribution in [3.8, 4) is 11.1 Å². The standard InChI is InChI=1S/C17H16N2O2S/c1-3-21-17(20)15-14(18)13-12(11-7-5-4-6-8-11)9-10(2)19-16(13)22-15/h4-9H,3,18H2,1-2H3. The van der Waals surface area contributed by atoms with Gasteiger partial charge in [-0.05, 0) is 31.0 Å². The monoisotopic (exact) mass is 312 g/mol. The van der Waals surface area contributed by atoms with Gasteiger partial charge >= 0.3 is 5.97 Å². The highest BCUT2D eigenvalue weighted by Gasteiger charge is 2.21. The Kier molecular flexibility index (Phi) is 3.81. The fourth-order valence-electron chi connectivity index (χ4n) is 2.44. The van der Waals surface area contributed by atoms with Crippen LogP contribution in [0.25, 0.3) is 21.3 Å². The van der Waals surface area contributed by atoms with E-state index < -0.39 is 0 Å². The molecule has 4 nitrogen and oxygen atoms in total. The fourth-order valence-corrected chi connectivity index (χ4v) is 3.50. The molecule has 2 N–H and O–H groups in total. The molecule has 0 saturated carbocycles. The van der Waals surface area contributed by atoms with Crippen LogP contribution in [0.1, 0.15) is 22.3 Å². The van der Waals surface area contributed by atoms with Crippen LogP contribution in [-0.4, -0.2) is 17.6 Å². The van der Waals surface area contributed by atoms with Gasteiger partial charge in [0.2, 0.25) is 0 Å². The Bertz CT molecular complexity index is 841. The van der Waals surface area contributed by atoms with Gasteiger partial charge in [-0.3, -0.25) is 0 Å². The Morgan fingerprint density at radius 1 is 1.32 bits per heavy atom. The molecular formula is C17H16N2O2S. The van der Waals surface area contributed by atoms with Crippen molar-refractivity contribution in [2.75, 3.05) is 12.3 Å². The minimum absolute atomic E-state index is 0.324. The Balaban J connectivity index is 2.27. The van der Waals surface area contributed by atoms with Crippen molar-refractivity contribution in [3.63, 3.8) is 0 Å². The summed E-state index contributed by atoms with van der Waals surface area (Å²) >= 11 is 1.28. The number of hydrogen-bond acceptors (Lipinski definition) is 5. The van der Waals surface area contributed by atoms with Crippen LogP contribution in [-0.2, 0) is 4.74 Å². The second kappa shape index (κ2) is 5.77. The highest BCUT2D eigenvalue weighted by molar-refractivity contribution is 7.21. The number of thiophene rings is 1. The van der Waals surface area contributed by atoms with Crippen molar-refractivity contribution in [1.82, 2.24) is 4.98 Å². The number of ether oxygens (including phenoxy) is 1. The van der Waals surface area contributed by atoms with E-state index in [2.05, 4.69) is 4.98 Å². The maximum atomic E-state index is 12.0. The number of pyridine rings is 1. The van der Waals surface area contributed by atoms with Crippen LogP contribution in [0.3, 0.4) is 0 Å². The van der Waals surface area contributed by atoms with E-state index in [1.54, 1.807) is 6.92 Å². The van der Waals surface area contributed by atoms with Crippen molar-refractivity contribution in [2.45, 2.75) is 13.8 Å². The molecule has 0 amide bonds.